The van der Waals surface area contributed by atoms with Gasteiger partial charge in [0.1, 0.15) is 0 Å². The number of benzene rings is 1. The number of methoxy groups -OCH3 is 1. The molecule has 2 heterocycles. The largest absolute Gasteiger partial charge is 0.489 e. The third kappa shape index (κ3) is 8.15. The van der Waals surface area contributed by atoms with E-state index in [2.05, 4.69) is 38.8 Å². The van der Waals surface area contributed by atoms with Crippen LogP contribution in [0.25, 0.3) is 0 Å². The highest BCUT2D eigenvalue weighted by Crippen LogP contribution is 2.30. The Kier molecular flexibility index (Phi) is 10.7. The molecule has 0 bridgehead atoms. The Labute approximate surface area is 239 Å². The van der Waals surface area contributed by atoms with Crippen molar-refractivity contribution < 1.29 is 13.7 Å². The van der Waals surface area contributed by atoms with Gasteiger partial charge in [0.2, 0.25) is 11.8 Å². The fraction of sp³-hybridized carbons (Fsp3) is 0.467. The van der Waals surface area contributed by atoms with Crippen LogP contribution in [0.15, 0.2) is 48.8 Å². The second-order valence-electron chi connectivity index (χ2n) is 10.0. The van der Waals surface area contributed by atoms with Gasteiger partial charge in [-0.1, -0.05) is 25.0 Å². The molecule has 0 aliphatic heterocycles. The van der Waals surface area contributed by atoms with E-state index in [1.807, 2.05) is 30.3 Å². The lowest BCUT2D eigenvalue weighted by Crippen LogP contribution is -2.31. The lowest BCUT2D eigenvalue weighted by Gasteiger charge is -2.30. The van der Waals surface area contributed by atoms with Crippen LogP contribution in [-0.4, -0.2) is 58.0 Å². The minimum absolute atomic E-state index is 0.339. The minimum Gasteiger partial charge on any atom is -0.489 e. The summed E-state index contributed by atoms with van der Waals surface area (Å²) in [5.74, 6) is 2.77. The highest BCUT2D eigenvalue weighted by atomic mass is 32.2. The smallest absolute Gasteiger partial charge is 0.226 e. The number of hydrogen-bond acceptors (Lipinski definition) is 9. The molecule has 0 amide bonds. The average Bonchev–Trinajstić information content (AvgIpc) is 3.49. The second-order valence-corrected chi connectivity index (χ2v) is 11.6. The summed E-state index contributed by atoms with van der Waals surface area (Å²) in [7, 11) is 0.705. The monoisotopic (exact) mass is 562 g/mol. The van der Waals surface area contributed by atoms with Gasteiger partial charge < -0.3 is 19.3 Å². The fourth-order valence-electron chi connectivity index (χ4n) is 5.00. The van der Waals surface area contributed by atoms with Crippen molar-refractivity contribution in [2.45, 2.75) is 45.7 Å². The Morgan fingerprint density at radius 2 is 1.77 bits per heavy atom. The van der Waals surface area contributed by atoms with E-state index in [9.17, 15) is 9.47 Å². The van der Waals surface area contributed by atoms with Crippen molar-refractivity contribution in [2.75, 3.05) is 48.6 Å². The topological polar surface area (TPSA) is 104 Å². The van der Waals surface area contributed by atoms with Crippen molar-refractivity contribution in [1.29, 1.82) is 5.26 Å². The van der Waals surface area contributed by atoms with Crippen LogP contribution in [0.1, 0.15) is 49.4 Å². The van der Waals surface area contributed by atoms with Crippen LogP contribution >= 0.6 is 0 Å². The Bertz CT molecular complexity index is 1290. The van der Waals surface area contributed by atoms with Crippen LogP contribution < -0.4 is 19.3 Å². The molecule has 1 aliphatic rings. The van der Waals surface area contributed by atoms with E-state index in [1.165, 1.54) is 25.7 Å². The standard InChI is InChI=1S/C30H38N6O3S/c1-4-35(20-24-7-5-6-8-24)28-13-14-29(38-2)34-27(28)22-36(21-25-11-9-23(17-31)10-12-25)30-32-18-26(19-33-30)39-15-16-40(3)37/h9-14,18-19,24H,4-8,15-16,20-22H2,1-3H3. The predicted octanol–water partition coefficient (Wildman–Crippen LogP) is 4.73. The molecule has 1 aromatic carbocycles. The molecule has 2 aromatic heterocycles. The molecule has 0 N–H and O–H groups in total. The van der Waals surface area contributed by atoms with Gasteiger partial charge in [-0.15, -0.1) is 0 Å². The van der Waals surface area contributed by atoms with Crippen molar-refractivity contribution in [3.05, 3.63) is 65.6 Å². The van der Waals surface area contributed by atoms with Gasteiger partial charge in [0.05, 0.1) is 61.4 Å². The van der Waals surface area contributed by atoms with Gasteiger partial charge >= 0.3 is 0 Å². The minimum atomic E-state index is -0.926. The Morgan fingerprint density at radius 1 is 1.05 bits per heavy atom. The maximum Gasteiger partial charge on any atom is 0.226 e. The molecule has 1 atom stereocenters. The zero-order chi connectivity index (χ0) is 28.3. The number of ether oxygens (including phenoxy) is 2. The molecule has 0 spiro atoms. The summed E-state index contributed by atoms with van der Waals surface area (Å²) in [6, 6.07) is 13.7. The molecule has 1 aliphatic carbocycles. The normalized spacial score (nSPS) is 13.9. The first-order valence-corrected chi connectivity index (χ1v) is 15.5. The molecule has 40 heavy (non-hydrogen) atoms. The number of hydrogen-bond donors (Lipinski definition) is 0. The molecular formula is C30H38N6O3S. The van der Waals surface area contributed by atoms with Crippen LogP contribution in [0.5, 0.6) is 11.6 Å². The lowest BCUT2D eigenvalue weighted by atomic mass is 10.1. The first-order valence-electron chi connectivity index (χ1n) is 13.8. The molecule has 3 aromatic rings. The Morgan fingerprint density at radius 3 is 2.40 bits per heavy atom. The first kappa shape index (κ1) is 29.3. The highest BCUT2D eigenvalue weighted by Gasteiger charge is 2.22. The van der Waals surface area contributed by atoms with Gasteiger partial charge in [-0.3, -0.25) is 4.21 Å². The second kappa shape index (κ2) is 14.6. The molecule has 4 rings (SSSR count). The quantitative estimate of drug-likeness (QED) is 0.276. The third-order valence-electron chi connectivity index (χ3n) is 7.14. The molecule has 212 valence electrons. The molecule has 1 saturated carbocycles. The first-order chi connectivity index (χ1) is 19.5. The van der Waals surface area contributed by atoms with Crippen LogP contribution in [0.3, 0.4) is 0 Å². The van der Waals surface area contributed by atoms with Crippen LogP contribution in [0, 0.1) is 17.2 Å². The van der Waals surface area contributed by atoms with Crippen molar-refractivity contribution in [3.8, 4) is 17.7 Å². The fourth-order valence-corrected chi connectivity index (χ4v) is 5.32. The molecule has 10 heteroatoms. The summed E-state index contributed by atoms with van der Waals surface area (Å²) in [6.45, 7) is 5.41. The SMILES string of the molecule is CCN(CC1CCCC1)c1ccc(OC)nc1CN(Cc1ccc(C#N)cc1)c1ncc(OCCS(C)=O)cn1. The zero-order valence-corrected chi connectivity index (χ0v) is 24.4. The molecule has 1 unspecified atom stereocenters. The molecular weight excluding hydrogens is 524 g/mol. The summed E-state index contributed by atoms with van der Waals surface area (Å²) >= 11 is 0. The Balaban J connectivity index is 1.63. The maximum absolute atomic E-state index is 11.4. The third-order valence-corrected chi connectivity index (χ3v) is 7.89. The number of pyridine rings is 1. The predicted molar refractivity (Wildman–Crippen MR) is 158 cm³/mol. The van der Waals surface area contributed by atoms with Gasteiger partial charge in [-0.2, -0.15) is 5.26 Å². The lowest BCUT2D eigenvalue weighted by molar-refractivity contribution is 0.339. The highest BCUT2D eigenvalue weighted by molar-refractivity contribution is 7.84. The average molecular weight is 563 g/mol. The summed E-state index contributed by atoms with van der Waals surface area (Å²) in [4.78, 5) is 18.6. The summed E-state index contributed by atoms with van der Waals surface area (Å²) in [5.41, 5.74) is 3.62. The van der Waals surface area contributed by atoms with Crippen molar-refractivity contribution in [2.24, 2.45) is 5.92 Å². The van der Waals surface area contributed by atoms with Gasteiger partial charge in [0.25, 0.3) is 0 Å². The summed E-state index contributed by atoms with van der Waals surface area (Å²) in [6.07, 6.45) is 10.1. The van der Waals surface area contributed by atoms with E-state index in [-0.39, 0.29) is 0 Å². The van der Waals surface area contributed by atoms with E-state index in [0.29, 0.717) is 54.5 Å². The maximum atomic E-state index is 11.4. The van der Waals surface area contributed by atoms with Crippen LogP contribution in [0.2, 0.25) is 0 Å². The van der Waals surface area contributed by atoms with E-state index in [1.54, 1.807) is 25.8 Å². The molecule has 1 fully saturated rings. The molecule has 0 radical (unpaired) electrons. The van der Waals surface area contributed by atoms with Gasteiger partial charge in [0.15, 0.2) is 5.75 Å². The molecule has 9 nitrogen and oxygen atoms in total. The van der Waals surface area contributed by atoms with E-state index in [4.69, 9.17) is 14.5 Å². The number of nitrogens with zero attached hydrogens (tertiary/aromatic N) is 6. The number of nitriles is 1. The number of rotatable bonds is 14. The summed E-state index contributed by atoms with van der Waals surface area (Å²) in [5, 5.41) is 9.22. The van der Waals surface area contributed by atoms with E-state index >= 15 is 0 Å². The zero-order valence-electron chi connectivity index (χ0n) is 23.6. The Hall–Kier alpha value is -3.71. The van der Waals surface area contributed by atoms with Crippen molar-refractivity contribution >= 4 is 22.4 Å². The van der Waals surface area contributed by atoms with Gasteiger partial charge in [0, 0.05) is 42.8 Å². The van der Waals surface area contributed by atoms with Crippen LogP contribution in [-0.2, 0) is 23.9 Å². The molecule has 0 saturated heterocycles. The summed E-state index contributed by atoms with van der Waals surface area (Å²) < 4.78 is 22.5. The van der Waals surface area contributed by atoms with Crippen LogP contribution in [0.4, 0.5) is 11.6 Å². The van der Waals surface area contributed by atoms with Crippen molar-refractivity contribution in [1.82, 2.24) is 15.0 Å². The van der Waals surface area contributed by atoms with Crippen molar-refractivity contribution in [3.63, 3.8) is 0 Å². The van der Waals surface area contributed by atoms with E-state index in [0.717, 1.165) is 30.0 Å². The van der Waals surface area contributed by atoms with Gasteiger partial charge in [-0.05, 0) is 49.4 Å². The number of aromatic nitrogens is 3. The van der Waals surface area contributed by atoms with Gasteiger partial charge in [-0.25, -0.2) is 15.0 Å². The number of anilines is 2. The van der Waals surface area contributed by atoms with E-state index < -0.39 is 10.8 Å².